The van der Waals surface area contributed by atoms with Gasteiger partial charge in [-0.15, -0.1) is 0 Å². The maximum atomic E-state index is 12.9. The zero-order valence-corrected chi connectivity index (χ0v) is 16.6. The van der Waals surface area contributed by atoms with Crippen LogP contribution in [0.4, 0.5) is 0 Å². The summed E-state index contributed by atoms with van der Waals surface area (Å²) in [5.74, 6) is -0.296. The third-order valence-corrected chi connectivity index (χ3v) is 5.33. The number of carboxylic acid groups (broad SMARTS) is 1. The van der Waals surface area contributed by atoms with Crippen molar-refractivity contribution in [3.8, 4) is 11.5 Å². The molecule has 7 nitrogen and oxygen atoms in total. The molecule has 0 saturated heterocycles. The molecule has 2 aromatic heterocycles. The Morgan fingerprint density at radius 2 is 2.07 bits per heavy atom. The number of nitrogens with zero attached hydrogens (tertiary/aromatic N) is 2. The van der Waals surface area contributed by atoms with Gasteiger partial charge in [0.05, 0.1) is 22.2 Å². The van der Waals surface area contributed by atoms with E-state index in [2.05, 4.69) is 4.98 Å². The number of carboxylic acids is 1. The summed E-state index contributed by atoms with van der Waals surface area (Å²) in [5, 5.41) is 9.05. The number of hydrogen-bond donors (Lipinski definition) is 1. The summed E-state index contributed by atoms with van der Waals surface area (Å²) in [6, 6.07) is 12.7. The van der Waals surface area contributed by atoms with Crippen molar-refractivity contribution in [2.45, 2.75) is 20.0 Å². The van der Waals surface area contributed by atoms with Crippen LogP contribution in [0, 0.1) is 0 Å². The highest BCUT2D eigenvalue weighted by molar-refractivity contribution is 7.15. The molecular weight excluding hydrogens is 392 g/mol. The smallest absolute Gasteiger partial charge is 0.344 e. The maximum Gasteiger partial charge on any atom is 0.344 e. The van der Waals surface area contributed by atoms with Gasteiger partial charge in [-0.1, -0.05) is 29.5 Å². The Labute approximate surface area is 169 Å². The first-order valence-electron chi connectivity index (χ1n) is 9.06. The van der Waals surface area contributed by atoms with Gasteiger partial charge < -0.3 is 14.6 Å². The lowest BCUT2D eigenvalue weighted by Crippen LogP contribution is -2.23. The molecule has 29 heavy (non-hydrogen) atoms. The third kappa shape index (κ3) is 3.54. The number of para-hydroxylation sites is 2. The normalized spacial score (nSPS) is 13.1. The number of benzene rings is 2. The Balaban J connectivity index is 1.77. The fraction of sp³-hybridized carbons (Fsp3) is 0.190. The molecule has 0 amide bonds. The molecule has 2 aromatic carbocycles. The van der Waals surface area contributed by atoms with Crippen molar-refractivity contribution in [3.63, 3.8) is 0 Å². The van der Waals surface area contributed by atoms with Crippen LogP contribution in [-0.4, -0.2) is 33.2 Å². The average molecular weight is 410 g/mol. The van der Waals surface area contributed by atoms with Gasteiger partial charge in [-0.2, -0.15) is 0 Å². The van der Waals surface area contributed by atoms with E-state index in [1.165, 1.54) is 18.3 Å². The van der Waals surface area contributed by atoms with Crippen molar-refractivity contribution in [2.75, 3.05) is 6.61 Å². The number of rotatable bonds is 6. The van der Waals surface area contributed by atoms with Crippen molar-refractivity contribution in [1.82, 2.24) is 9.38 Å². The lowest BCUT2D eigenvalue weighted by Gasteiger charge is -2.15. The van der Waals surface area contributed by atoms with Crippen molar-refractivity contribution in [2.24, 2.45) is 0 Å². The maximum absolute atomic E-state index is 12.9. The van der Waals surface area contributed by atoms with Gasteiger partial charge in [0.15, 0.2) is 22.6 Å². The number of aromatic nitrogens is 2. The van der Waals surface area contributed by atoms with Gasteiger partial charge in [0, 0.05) is 0 Å². The fourth-order valence-electron chi connectivity index (χ4n) is 2.98. The summed E-state index contributed by atoms with van der Waals surface area (Å²) in [5.41, 5.74) is 2.19. The molecule has 0 aliphatic carbocycles. The fourth-order valence-corrected chi connectivity index (χ4v) is 3.97. The molecule has 4 rings (SSSR count). The average Bonchev–Trinajstić information content (AvgIpc) is 3.20. The SMILES string of the molecule is CCOc1cc(/C=c2\sc3nc4ccccc4n3c2=O)ccc1O[C@H](C)C(=O)O. The number of thiazole rings is 1. The molecule has 0 spiro atoms. The molecule has 0 bridgehead atoms. The number of carbonyl (C=O) groups is 1. The summed E-state index contributed by atoms with van der Waals surface area (Å²) in [6.07, 6.45) is 0.763. The summed E-state index contributed by atoms with van der Waals surface area (Å²) in [6.45, 7) is 3.68. The minimum Gasteiger partial charge on any atom is -0.490 e. The molecular formula is C21H18N2O5S. The highest BCUT2D eigenvalue weighted by atomic mass is 32.1. The Kier molecular flexibility index (Phi) is 4.94. The van der Waals surface area contributed by atoms with Crippen molar-refractivity contribution < 1.29 is 19.4 Å². The molecule has 0 saturated carbocycles. The quantitative estimate of drug-likeness (QED) is 0.526. The van der Waals surface area contributed by atoms with E-state index in [9.17, 15) is 9.59 Å². The summed E-state index contributed by atoms with van der Waals surface area (Å²) < 4.78 is 13.2. The Morgan fingerprint density at radius 3 is 2.83 bits per heavy atom. The van der Waals surface area contributed by atoms with Crippen molar-refractivity contribution >= 4 is 39.4 Å². The van der Waals surface area contributed by atoms with Gasteiger partial charge in [0.1, 0.15) is 0 Å². The third-order valence-electron chi connectivity index (χ3n) is 4.36. The largest absolute Gasteiger partial charge is 0.490 e. The summed E-state index contributed by atoms with van der Waals surface area (Å²) in [4.78, 5) is 29.1. The molecule has 148 valence electrons. The Morgan fingerprint density at radius 1 is 1.28 bits per heavy atom. The molecule has 1 N–H and O–H groups in total. The van der Waals surface area contributed by atoms with Crippen molar-refractivity contribution in [1.29, 1.82) is 0 Å². The van der Waals surface area contributed by atoms with E-state index in [1.54, 1.807) is 28.7 Å². The van der Waals surface area contributed by atoms with Crippen molar-refractivity contribution in [3.05, 3.63) is 62.9 Å². The Hall–Kier alpha value is -3.39. The van der Waals surface area contributed by atoms with Gasteiger partial charge in [-0.05, 0) is 49.8 Å². The van der Waals surface area contributed by atoms with Gasteiger partial charge in [-0.25, -0.2) is 14.2 Å². The van der Waals surface area contributed by atoms with Gasteiger partial charge in [0.2, 0.25) is 0 Å². The molecule has 2 heterocycles. The number of ether oxygens (including phenoxy) is 2. The summed E-state index contributed by atoms with van der Waals surface area (Å²) in [7, 11) is 0. The monoisotopic (exact) mass is 410 g/mol. The molecule has 0 fully saturated rings. The van der Waals surface area contributed by atoms with E-state index in [4.69, 9.17) is 14.6 Å². The standard InChI is InChI=1S/C21H18N2O5S/c1-3-27-17-10-13(8-9-16(17)28-12(2)20(25)26)11-18-19(24)23-15-7-5-4-6-14(15)22-21(23)29-18/h4-12H,3H2,1-2H3,(H,25,26)/b18-11-/t12-/m1/s1. The van der Waals surface area contributed by atoms with E-state index in [0.29, 0.717) is 27.6 Å². The van der Waals surface area contributed by atoms with Gasteiger partial charge in [0.25, 0.3) is 5.56 Å². The first-order valence-corrected chi connectivity index (χ1v) is 9.87. The van der Waals surface area contributed by atoms with E-state index in [1.807, 2.05) is 31.2 Å². The molecule has 0 unspecified atom stereocenters. The van der Waals surface area contributed by atoms with Gasteiger partial charge in [-0.3, -0.25) is 4.79 Å². The highest BCUT2D eigenvalue weighted by Crippen LogP contribution is 2.30. The number of hydrogen-bond acceptors (Lipinski definition) is 6. The minimum atomic E-state index is -1.06. The van der Waals surface area contributed by atoms with Crippen LogP contribution in [0.15, 0.2) is 47.3 Å². The zero-order chi connectivity index (χ0) is 20.5. The lowest BCUT2D eigenvalue weighted by atomic mass is 10.2. The molecule has 4 aromatic rings. The van der Waals surface area contributed by atoms with E-state index >= 15 is 0 Å². The van der Waals surface area contributed by atoms with Crippen LogP contribution in [0.3, 0.4) is 0 Å². The van der Waals surface area contributed by atoms with Crippen LogP contribution in [-0.2, 0) is 4.79 Å². The molecule has 1 atom stereocenters. The predicted octanol–water partition coefficient (Wildman–Crippen LogP) is 2.71. The zero-order valence-electron chi connectivity index (χ0n) is 15.8. The topological polar surface area (TPSA) is 90.1 Å². The lowest BCUT2D eigenvalue weighted by molar-refractivity contribution is -0.144. The van der Waals surface area contributed by atoms with E-state index in [-0.39, 0.29) is 5.56 Å². The first-order chi connectivity index (χ1) is 14.0. The minimum absolute atomic E-state index is 0.128. The number of fused-ring (bicyclic) bond motifs is 3. The van der Waals surface area contributed by atoms with Gasteiger partial charge >= 0.3 is 5.97 Å². The number of aliphatic carboxylic acids is 1. The van der Waals surface area contributed by atoms with Crippen LogP contribution in [0.5, 0.6) is 11.5 Å². The molecule has 0 aliphatic heterocycles. The van der Waals surface area contributed by atoms with Crippen LogP contribution < -0.4 is 19.6 Å². The highest BCUT2D eigenvalue weighted by Gasteiger charge is 2.16. The number of imidazole rings is 1. The van der Waals surface area contributed by atoms with Crippen LogP contribution in [0.1, 0.15) is 19.4 Å². The van der Waals surface area contributed by atoms with E-state index < -0.39 is 12.1 Å². The second-order valence-electron chi connectivity index (χ2n) is 6.37. The first kappa shape index (κ1) is 18.9. The van der Waals surface area contributed by atoms with E-state index in [0.717, 1.165) is 16.6 Å². The predicted molar refractivity (Wildman–Crippen MR) is 111 cm³/mol. The van der Waals surface area contributed by atoms with Crippen LogP contribution >= 0.6 is 11.3 Å². The Bertz CT molecular complexity index is 1320. The second-order valence-corrected chi connectivity index (χ2v) is 7.38. The van der Waals surface area contributed by atoms with Crippen LogP contribution in [0.2, 0.25) is 0 Å². The molecule has 0 aliphatic rings. The second kappa shape index (κ2) is 7.56. The molecule has 0 radical (unpaired) electrons. The summed E-state index contributed by atoms with van der Waals surface area (Å²) >= 11 is 1.32. The molecule has 8 heteroatoms. The van der Waals surface area contributed by atoms with Crippen LogP contribution in [0.25, 0.3) is 22.1 Å².